The van der Waals surface area contributed by atoms with E-state index in [0.29, 0.717) is 11.1 Å². The summed E-state index contributed by atoms with van der Waals surface area (Å²) >= 11 is 0. The molecule has 158 valence electrons. The summed E-state index contributed by atoms with van der Waals surface area (Å²) in [5.41, 5.74) is 1.96. The molecule has 0 bridgehead atoms. The van der Waals surface area contributed by atoms with Crippen molar-refractivity contribution in [1.29, 1.82) is 0 Å². The van der Waals surface area contributed by atoms with Crippen LogP contribution < -0.4 is 5.32 Å². The highest BCUT2D eigenvalue weighted by atomic mass is 19.1. The summed E-state index contributed by atoms with van der Waals surface area (Å²) in [6.07, 6.45) is -1.03. The van der Waals surface area contributed by atoms with Crippen molar-refractivity contribution in [3.05, 3.63) is 107 Å². The lowest BCUT2D eigenvalue weighted by Crippen LogP contribution is -2.37. The van der Waals surface area contributed by atoms with Crippen LogP contribution in [-0.4, -0.2) is 23.8 Å². The van der Waals surface area contributed by atoms with Crippen molar-refractivity contribution in [2.45, 2.75) is 26.0 Å². The number of hydrogen-bond acceptors (Lipinski definition) is 4. The smallest absolute Gasteiger partial charge is 0.338 e. The van der Waals surface area contributed by atoms with Crippen molar-refractivity contribution >= 4 is 17.7 Å². The predicted octanol–water partition coefficient (Wildman–Crippen LogP) is 4.48. The maximum absolute atomic E-state index is 13.0. The van der Waals surface area contributed by atoms with E-state index in [2.05, 4.69) is 5.32 Å². The molecule has 0 radical (unpaired) electrons. The fraction of sp³-hybridized carbons (Fsp3) is 0.160. The average molecular weight is 419 g/mol. The Kier molecular flexibility index (Phi) is 6.92. The zero-order chi connectivity index (χ0) is 22.4. The Hall–Kier alpha value is -3.80. The summed E-state index contributed by atoms with van der Waals surface area (Å²) in [7, 11) is 0. The number of esters is 1. The van der Waals surface area contributed by atoms with E-state index in [0.717, 1.165) is 5.56 Å². The largest absolute Gasteiger partial charge is 0.449 e. The Morgan fingerprint density at radius 2 is 1.32 bits per heavy atom. The van der Waals surface area contributed by atoms with Gasteiger partial charge >= 0.3 is 5.97 Å². The Bertz CT molecular complexity index is 1060. The quantitative estimate of drug-likeness (QED) is 0.453. The van der Waals surface area contributed by atoms with Crippen LogP contribution in [0.5, 0.6) is 0 Å². The van der Waals surface area contributed by atoms with E-state index in [9.17, 15) is 18.8 Å². The van der Waals surface area contributed by atoms with Crippen molar-refractivity contribution in [2.75, 3.05) is 0 Å². The van der Waals surface area contributed by atoms with Crippen molar-refractivity contribution < 1.29 is 23.5 Å². The number of halogens is 1. The van der Waals surface area contributed by atoms with Gasteiger partial charge in [-0.2, -0.15) is 0 Å². The lowest BCUT2D eigenvalue weighted by molar-refractivity contribution is -0.129. The van der Waals surface area contributed by atoms with Crippen LogP contribution in [-0.2, 0) is 9.53 Å². The Balaban J connectivity index is 1.58. The van der Waals surface area contributed by atoms with Gasteiger partial charge in [-0.15, -0.1) is 0 Å². The first-order chi connectivity index (χ1) is 14.8. The highest BCUT2D eigenvalue weighted by Crippen LogP contribution is 2.15. The number of ketones is 1. The molecular weight excluding hydrogens is 397 g/mol. The number of rotatable bonds is 7. The normalized spacial score (nSPS) is 12.5. The lowest BCUT2D eigenvalue weighted by Gasteiger charge is -2.18. The van der Waals surface area contributed by atoms with Crippen molar-refractivity contribution in [3.63, 3.8) is 0 Å². The van der Waals surface area contributed by atoms with Crippen LogP contribution in [0.1, 0.15) is 51.7 Å². The average Bonchev–Trinajstić information content (AvgIpc) is 2.79. The van der Waals surface area contributed by atoms with E-state index < -0.39 is 18.0 Å². The van der Waals surface area contributed by atoms with E-state index in [1.54, 1.807) is 55.5 Å². The molecule has 2 atom stereocenters. The maximum atomic E-state index is 13.0. The van der Waals surface area contributed by atoms with Crippen LogP contribution in [0.15, 0.2) is 78.9 Å². The highest BCUT2D eigenvalue weighted by Gasteiger charge is 2.21. The molecule has 0 saturated carbocycles. The van der Waals surface area contributed by atoms with E-state index in [1.807, 2.05) is 6.07 Å². The van der Waals surface area contributed by atoms with Gasteiger partial charge < -0.3 is 10.1 Å². The summed E-state index contributed by atoms with van der Waals surface area (Å²) < 4.78 is 18.3. The van der Waals surface area contributed by atoms with Gasteiger partial charge in [-0.3, -0.25) is 9.59 Å². The van der Waals surface area contributed by atoms with Gasteiger partial charge in [-0.05, 0) is 43.7 Å². The first-order valence-corrected chi connectivity index (χ1v) is 9.82. The van der Waals surface area contributed by atoms with Crippen LogP contribution in [0.25, 0.3) is 0 Å². The molecule has 0 unspecified atom stereocenters. The van der Waals surface area contributed by atoms with Crippen LogP contribution in [0.2, 0.25) is 0 Å². The molecule has 5 nitrogen and oxygen atoms in total. The number of carbonyl (C=O) groups is 3. The van der Waals surface area contributed by atoms with Gasteiger partial charge in [0.1, 0.15) is 5.82 Å². The summed E-state index contributed by atoms with van der Waals surface area (Å²) in [5, 5.41) is 2.73. The van der Waals surface area contributed by atoms with Crippen molar-refractivity contribution in [1.82, 2.24) is 5.32 Å². The molecule has 0 saturated heterocycles. The van der Waals surface area contributed by atoms with Gasteiger partial charge in [-0.1, -0.05) is 54.6 Å². The highest BCUT2D eigenvalue weighted by molar-refractivity contribution is 6.09. The van der Waals surface area contributed by atoms with Gasteiger partial charge in [-0.25, -0.2) is 9.18 Å². The second-order valence-electron chi connectivity index (χ2n) is 7.10. The SMILES string of the molecule is C[C@@H](OC(=O)c1ccc(C(=O)c2ccccc2)cc1)C(=O)N[C@H](C)c1ccc(F)cc1. The predicted molar refractivity (Wildman–Crippen MR) is 114 cm³/mol. The molecule has 3 aromatic rings. The van der Waals surface area contributed by atoms with E-state index >= 15 is 0 Å². The molecule has 0 aliphatic rings. The standard InChI is InChI=1S/C25H22FNO4/c1-16(18-12-14-22(26)15-13-18)27-24(29)17(2)31-25(30)21-10-8-20(9-11-21)23(28)19-6-4-3-5-7-19/h3-17H,1-2H3,(H,27,29)/t16-,17-/m1/s1. The minimum Gasteiger partial charge on any atom is -0.449 e. The lowest BCUT2D eigenvalue weighted by atomic mass is 10.0. The minimum atomic E-state index is -1.03. The van der Waals surface area contributed by atoms with Crippen molar-refractivity contribution in [3.8, 4) is 0 Å². The summed E-state index contributed by atoms with van der Waals surface area (Å²) in [5.74, 6) is -1.65. The molecule has 0 spiro atoms. The molecule has 3 aromatic carbocycles. The number of ether oxygens (including phenoxy) is 1. The summed E-state index contributed by atoms with van der Waals surface area (Å²) in [6.45, 7) is 3.22. The van der Waals surface area contributed by atoms with Crippen LogP contribution >= 0.6 is 0 Å². The molecular formula is C25H22FNO4. The van der Waals surface area contributed by atoms with Gasteiger partial charge in [0, 0.05) is 11.1 Å². The third-order valence-corrected chi connectivity index (χ3v) is 4.80. The first kappa shape index (κ1) is 21.9. The Morgan fingerprint density at radius 1 is 0.774 bits per heavy atom. The zero-order valence-corrected chi connectivity index (χ0v) is 17.2. The number of carbonyl (C=O) groups excluding carboxylic acids is 3. The van der Waals surface area contributed by atoms with Gasteiger partial charge in [0.15, 0.2) is 11.9 Å². The fourth-order valence-corrected chi connectivity index (χ4v) is 2.96. The maximum Gasteiger partial charge on any atom is 0.338 e. The second-order valence-corrected chi connectivity index (χ2v) is 7.10. The number of hydrogen-bond donors (Lipinski definition) is 1. The zero-order valence-electron chi connectivity index (χ0n) is 17.2. The van der Waals surface area contributed by atoms with Crippen molar-refractivity contribution in [2.24, 2.45) is 0 Å². The molecule has 0 aliphatic carbocycles. The minimum absolute atomic E-state index is 0.150. The number of amides is 1. The summed E-state index contributed by atoms with van der Waals surface area (Å²) in [4.78, 5) is 37.2. The topological polar surface area (TPSA) is 72.5 Å². The molecule has 0 aromatic heterocycles. The van der Waals surface area contributed by atoms with E-state index in [-0.39, 0.29) is 23.2 Å². The molecule has 31 heavy (non-hydrogen) atoms. The second kappa shape index (κ2) is 9.80. The monoisotopic (exact) mass is 419 g/mol. The van der Waals surface area contributed by atoms with Gasteiger partial charge in [0.05, 0.1) is 11.6 Å². The molecule has 1 N–H and O–H groups in total. The number of benzene rings is 3. The summed E-state index contributed by atoms with van der Waals surface area (Å²) in [6, 6.07) is 20.3. The molecule has 1 amide bonds. The molecule has 3 rings (SSSR count). The Morgan fingerprint density at radius 3 is 1.94 bits per heavy atom. The first-order valence-electron chi connectivity index (χ1n) is 9.82. The molecule has 0 fully saturated rings. The Labute approximate surface area is 179 Å². The third-order valence-electron chi connectivity index (χ3n) is 4.80. The van der Waals surface area contributed by atoms with E-state index in [1.165, 1.54) is 31.2 Å². The molecule has 0 aliphatic heterocycles. The van der Waals surface area contributed by atoms with Crippen LogP contribution in [0, 0.1) is 5.82 Å². The number of nitrogens with one attached hydrogen (secondary N) is 1. The molecule has 6 heteroatoms. The van der Waals surface area contributed by atoms with Crippen LogP contribution in [0.3, 0.4) is 0 Å². The third kappa shape index (κ3) is 5.63. The fourth-order valence-electron chi connectivity index (χ4n) is 2.96. The van der Waals surface area contributed by atoms with Gasteiger partial charge in [0.2, 0.25) is 0 Å². The molecule has 0 heterocycles. The van der Waals surface area contributed by atoms with Gasteiger partial charge in [0.25, 0.3) is 5.91 Å². The van der Waals surface area contributed by atoms with Crippen LogP contribution in [0.4, 0.5) is 4.39 Å². The van der Waals surface area contributed by atoms with E-state index in [4.69, 9.17) is 4.74 Å².